The molecule has 0 saturated carbocycles. The number of hydrogen-bond donors (Lipinski definition) is 0. The zero-order valence-electron chi connectivity index (χ0n) is 24.1. The maximum absolute atomic E-state index is 14.5. The number of fused-ring (bicyclic) bond motifs is 2. The van der Waals surface area contributed by atoms with Crippen LogP contribution < -0.4 is 29.3 Å². The summed E-state index contributed by atoms with van der Waals surface area (Å²) in [5.41, 5.74) is 3.39. The summed E-state index contributed by atoms with van der Waals surface area (Å²) in [6.45, 7) is 3.93. The molecule has 10 heteroatoms. The number of anilines is 1. The van der Waals surface area contributed by atoms with Gasteiger partial charge in [-0.1, -0.05) is 59.9 Å². The van der Waals surface area contributed by atoms with E-state index in [1.165, 1.54) is 18.8 Å². The van der Waals surface area contributed by atoms with Crippen LogP contribution in [0.5, 0.6) is 11.5 Å². The standard InChI is InChI=1S/C33H29N3O6S/c1-5-42-32(39)26-19(2)34-33-36(28(26)23-17-21(40-3)15-16-25(23)41-4)31(38)29(43-33)27-22-13-9-10-14-24(22)35(30(27)37)18-20-11-7-6-8-12-20/h6-17,28H,5,18H2,1-4H3/b29-27-/t28-/m1/s1. The summed E-state index contributed by atoms with van der Waals surface area (Å²) in [7, 11) is 3.06. The molecule has 3 aromatic carbocycles. The van der Waals surface area contributed by atoms with Gasteiger partial charge in [0.25, 0.3) is 11.5 Å². The highest BCUT2D eigenvalue weighted by molar-refractivity contribution is 7.07. The van der Waals surface area contributed by atoms with Gasteiger partial charge in [0.15, 0.2) is 4.80 Å². The zero-order valence-corrected chi connectivity index (χ0v) is 24.9. The first-order valence-corrected chi connectivity index (χ1v) is 14.6. The van der Waals surface area contributed by atoms with Crippen LogP contribution in [0.4, 0.5) is 5.69 Å². The number of methoxy groups -OCH3 is 2. The highest BCUT2D eigenvalue weighted by Gasteiger charge is 2.38. The molecule has 0 bridgehead atoms. The molecule has 3 heterocycles. The number of benzene rings is 3. The lowest BCUT2D eigenvalue weighted by atomic mass is 9.94. The third-order valence-corrected chi connectivity index (χ3v) is 8.61. The summed E-state index contributed by atoms with van der Waals surface area (Å²) >= 11 is 1.13. The highest BCUT2D eigenvalue weighted by Crippen LogP contribution is 2.39. The number of aromatic nitrogens is 1. The number of nitrogens with zero attached hydrogens (tertiary/aromatic N) is 3. The van der Waals surface area contributed by atoms with Crippen LogP contribution in [0.3, 0.4) is 0 Å². The van der Waals surface area contributed by atoms with Gasteiger partial charge < -0.3 is 19.1 Å². The van der Waals surface area contributed by atoms with Crippen molar-refractivity contribution in [3.8, 4) is 11.5 Å². The Morgan fingerprint density at radius 2 is 1.72 bits per heavy atom. The van der Waals surface area contributed by atoms with Crippen LogP contribution >= 0.6 is 11.3 Å². The Labute approximate surface area is 251 Å². The van der Waals surface area contributed by atoms with Gasteiger partial charge in [0.1, 0.15) is 22.1 Å². The number of carbonyl (C=O) groups excluding carboxylic acids is 2. The Balaban J connectivity index is 1.61. The average molecular weight is 596 g/mol. The largest absolute Gasteiger partial charge is 0.497 e. The summed E-state index contributed by atoms with van der Waals surface area (Å²) in [5, 5.41) is 0. The molecule has 0 radical (unpaired) electrons. The van der Waals surface area contributed by atoms with E-state index in [9.17, 15) is 14.4 Å². The molecule has 43 heavy (non-hydrogen) atoms. The van der Waals surface area contributed by atoms with Crippen LogP contribution in [0.2, 0.25) is 0 Å². The van der Waals surface area contributed by atoms with Gasteiger partial charge in [-0.05, 0) is 43.7 Å². The van der Waals surface area contributed by atoms with Crippen molar-refractivity contribution in [2.75, 3.05) is 25.7 Å². The lowest BCUT2D eigenvalue weighted by Crippen LogP contribution is -2.41. The maximum Gasteiger partial charge on any atom is 0.338 e. The number of amides is 1. The number of para-hydroxylation sites is 1. The van der Waals surface area contributed by atoms with Gasteiger partial charge in [-0.3, -0.25) is 14.2 Å². The van der Waals surface area contributed by atoms with E-state index in [4.69, 9.17) is 14.2 Å². The fourth-order valence-corrected chi connectivity index (χ4v) is 6.75. The van der Waals surface area contributed by atoms with Crippen LogP contribution in [0.15, 0.2) is 93.9 Å². The third kappa shape index (κ3) is 4.73. The monoisotopic (exact) mass is 595 g/mol. The minimum Gasteiger partial charge on any atom is -0.497 e. The van der Waals surface area contributed by atoms with Crippen LogP contribution in [-0.2, 0) is 20.9 Å². The van der Waals surface area contributed by atoms with Crippen molar-refractivity contribution in [3.63, 3.8) is 0 Å². The van der Waals surface area contributed by atoms with E-state index in [1.54, 1.807) is 36.9 Å². The molecule has 0 unspecified atom stereocenters. The summed E-state index contributed by atoms with van der Waals surface area (Å²) in [6.07, 6.45) is 0. The molecule has 218 valence electrons. The predicted octanol–water partition coefficient (Wildman–Crippen LogP) is 3.73. The Morgan fingerprint density at radius 3 is 2.44 bits per heavy atom. The van der Waals surface area contributed by atoms with Crippen molar-refractivity contribution in [2.24, 2.45) is 4.99 Å². The molecule has 0 aliphatic carbocycles. The molecular formula is C33H29N3O6S. The molecule has 2 aliphatic rings. The third-order valence-electron chi connectivity index (χ3n) is 7.56. The minimum atomic E-state index is -0.929. The van der Waals surface area contributed by atoms with E-state index in [1.807, 2.05) is 54.6 Å². The van der Waals surface area contributed by atoms with Crippen molar-refractivity contribution >= 4 is 34.5 Å². The predicted molar refractivity (Wildman–Crippen MR) is 163 cm³/mol. The average Bonchev–Trinajstić information content (AvgIpc) is 3.48. The van der Waals surface area contributed by atoms with Gasteiger partial charge in [-0.2, -0.15) is 0 Å². The van der Waals surface area contributed by atoms with Crippen molar-refractivity contribution in [1.29, 1.82) is 0 Å². The van der Waals surface area contributed by atoms with E-state index in [0.29, 0.717) is 45.2 Å². The lowest BCUT2D eigenvalue weighted by molar-refractivity contribution is -0.139. The van der Waals surface area contributed by atoms with Crippen LogP contribution in [-0.4, -0.2) is 37.3 Å². The number of esters is 1. The molecule has 0 spiro atoms. The quantitative estimate of drug-likeness (QED) is 0.302. The SMILES string of the molecule is CCOC(=O)C1=C(C)N=c2s/c(=C3\C(=O)N(Cc4ccccc4)c4ccccc43)c(=O)n2[C@@H]1c1cc(OC)ccc1OC. The summed E-state index contributed by atoms with van der Waals surface area (Å²) in [4.78, 5) is 48.7. The molecule has 1 amide bonds. The first-order chi connectivity index (χ1) is 20.9. The normalized spacial score (nSPS) is 16.9. The number of thiazole rings is 1. The number of rotatable bonds is 7. The van der Waals surface area contributed by atoms with Crippen molar-refractivity contribution < 1.29 is 23.8 Å². The van der Waals surface area contributed by atoms with Gasteiger partial charge in [-0.15, -0.1) is 0 Å². The Hall–Kier alpha value is -4.96. The molecule has 1 atom stereocenters. The molecule has 6 rings (SSSR count). The second-order valence-electron chi connectivity index (χ2n) is 10.00. The molecule has 2 aliphatic heterocycles. The van der Waals surface area contributed by atoms with E-state index in [2.05, 4.69) is 4.99 Å². The Bertz CT molecular complexity index is 1980. The van der Waals surface area contributed by atoms with E-state index in [-0.39, 0.29) is 22.6 Å². The number of ether oxygens (including phenoxy) is 3. The fourth-order valence-electron chi connectivity index (χ4n) is 5.61. The van der Waals surface area contributed by atoms with Gasteiger partial charge in [0.2, 0.25) is 0 Å². The van der Waals surface area contributed by atoms with Gasteiger partial charge >= 0.3 is 5.97 Å². The highest BCUT2D eigenvalue weighted by atomic mass is 32.1. The number of hydrogen-bond acceptors (Lipinski definition) is 8. The van der Waals surface area contributed by atoms with Gasteiger partial charge in [0, 0.05) is 11.1 Å². The van der Waals surface area contributed by atoms with Crippen LogP contribution in [0, 0.1) is 0 Å². The first-order valence-electron chi connectivity index (χ1n) is 13.8. The van der Waals surface area contributed by atoms with E-state index < -0.39 is 17.6 Å². The van der Waals surface area contributed by atoms with Crippen LogP contribution in [0.25, 0.3) is 5.57 Å². The minimum absolute atomic E-state index is 0.148. The van der Waals surface area contributed by atoms with E-state index in [0.717, 1.165) is 22.6 Å². The van der Waals surface area contributed by atoms with E-state index >= 15 is 0 Å². The zero-order chi connectivity index (χ0) is 30.2. The van der Waals surface area contributed by atoms with Crippen LogP contribution in [0.1, 0.15) is 36.6 Å². The Morgan fingerprint density at radius 1 is 0.977 bits per heavy atom. The molecule has 0 saturated heterocycles. The topological polar surface area (TPSA) is 99.4 Å². The maximum atomic E-state index is 14.5. The second kappa shape index (κ2) is 11.4. The smallest absolute Gasteiger partial charge is 0.338 e. The summed E-state index contributed by atoms with van der Waals surface area (Å²) in [6, 6.07) is 21.4. The first kappa shape index (κ1) is 28.2. The molecule has 1 aromatic heterocycles. The van der Waals surface area contributed by atoms with Gasteiger partial charge in [-0.25, -0.2) is 9.79 Å². The van der Waals surface area contributed by atoms with Gasteiger partial charge in [0.05, 0.1) is 49.9 Å². The summed E-state index contributed by atoms with van der Waals surface area (Å²) in [5.74, 6) is 0.118. The molecule has 0 fully saturated rings. The fraction of sp³-hybridized carbons (Fsp3) is 0.212. The van der Waals surface area contributed by atoms with Crippen molar-refractivity contribution in [2.45, 2.75) is 26.4 Å². The Kier molecular flexibility index (Phi) is 7.45. The molecule has 0 N–H and O–H groups in total. The molecule has 9 nitrogen and oxygen atoms in total. The molecule has 4 aromatic rings. The van der Waals surface area contributed by atoms with Crippen molar-refractivity contribution in [1.82, 2.24) is 4.57 Å². The number of carbonyl (C=O) groups is 2. The summed E-state index contributed by atoms with van der Waals surface area (Å²) < 4.78 is 18.3. The van der Waals surface area contributed by atoms with Crippen molar-refractivity contribution in [3.05, 3.63) is 120 Å². The second-order valence-corrected chi connectivity index (χ2v) is 11.0. The lowest BCUT2D eigenvalue weighted by Gasteiger charge is -2.26. The molecular weight excluding hydrogens is 566 g/mol. The number of allylic oxidation sites excluding steroid dienone is 1.